The summed E-state index contributed by atoms with van der Waals surface area (Å²) in [6.07, 6.45) is 11.9. The van der Waals surface area contributed by atoms with E-state index in [-0.39, 0.29) is 5.82 Å². The van der Waals surface area contributed by atoms with Crippen LogP contribution in [0.4, 0.5) is 4.39 Å². The van der Waals surface area contributed by atoms with Gasteiger partial charge < -0.3 is 4.74 Å². The van der Waals surface area contributed by atoms with Gasteiger partial charge in [0.05, 0.1) is 7.11 Å². The molecule has 2 aromatic carbocycles. The average Bonchev–Trinajstić information content (AvgIpc) is 2.75. The lowest BCUT2D eigenvalue weighted by Gasteiger charge is -2.28. The Morgan fingerprint density at radius 3 is 2.39 bits per heavy atom. The number of allylic oxidation sites excluding steroid dienone is 1. The van der Waals surface area contributed by atoms with Crippen LogP contribution in [0.25, 0.3) is 11.6 Å². The highest BCUT2D eigenvalue weighted by molar-refractivity contribution is 5.84. The third-order valence-corrected chi connectivity index (χ3v) is 6.73. The minimum absolute atomic E-state index is 0.204. The van der Waals surface area contributed by atoms with E-state index in [0.717, 1.165) is 35.8 Å². The predicted octanol–water partition coefficient (Wildman–Crippen LogP) is 7.40. The van der Waals surface area contributed by atoms with Gasteiger partial charge in [0.15, 0.2) is 11.6 Å². The van der Waals surface area contributed by atoms with E-state index in [1.165, 1.54) is 62.3 Å². The minimum atomic E-state index is -0.204. The minimum Gasteiger partial charge on any atom is -0.494 e. The van der Waals surface area contributed by atoms with E-state index in [1.807, 2.05) is 6.07 Å². The van der Waals surface area contributed by atoms with Gasteiger partial charge in [-0.25, -0.2) is 4.39 Å². The average molecular weight is 379 g/mol. The van der Waals surface area contributed by atoms with E-state index in [1.54, 1.807) is 6.07 Å². The third-order valence-electron chi connectivity index (χ3n) is 6.73. The van der Waals surface area contributed by atoms with Crippen LogP contribution in [0, 0.1) is 11.7 Å². The number of fused-ring (bicyclic) bond motifs is 1. The predicted molar refractivity (Wildman–Crippen MR) is 115 cm³/mol. The molecule has 0 radical (unpaired) electrons. The molecule has 0 unspecified atom stereocenters. The quantitative estimate of drug-likeness (QED) is 0.527. The molecule has 28 heavy (non-hydrogen) atoms. The summed E-state index contributed by atoms with van der Waals surface area (Å²) in [6.45, 7) is 2.30. The Kier molecular flexibility index (Phi) is 5.85. The van der Waals surface area contributed by atoms with Crippen LogP contribution in [0.2, 0.25) is 0 Å². The van der Waals surface area contributed by atoms with Crippen molar-refractivity contribution in [2.24, 2.45) is 5.92 Å². The van der Waals surface area contributed by atoms with Gasteiger partial charge in [-0.3, -0.25) is 0 Å². The van der Waals surface area contributed by atoms with E-state index in [2.05, 4.69) is 37.3 Å². The number of ether oxygens (including phenoxy) is 1. The lowest BCUT2D eigenvalue weighted by Crippen LogP contribution is -2.13. The molecule has 0 saturated heterocycles. The Morgan fingerprint density at radius 1 is 0.964 bits per heavy atom. The van der Waals surface area contributed by atoms with Crippen molar-refractivity contribution in [2.75, 3.05) is 7.11 Å². The molecule has 0 atom stereocenters. The molecule has 4 rings (SSSR count). The van der Waals surface area contributed by atoms with Crippen molar-refractivity contribution in [3.63, 3.8) is 0 Å². The van der Waals surface area contributed by atoms with E-state index >= 15 is 0 Å². The summed E-state index contributed by atoms with van der Waals surface area (Å²) in [7, 11) is 1.52. The molecule has 2 aromatic rings. The molecule has 1 saturated carbocycles. The van der Waals surface area contributed by atoms with Crippen LogP contribution in [0.3, 0.4) is 0 Å². The van der Waals surface area contributed by atoms with E-state index in [4.69, 9.17) is 4.74 Å². The van der Waals surface area contributed by atoms with E-state index in [0.29, 0.717) is 5.75 Å². The lowest BCUT2D eigenvalue weighted by atomic mass is 9.77. The monoisotopic (exact) mass is 378 g/mol. The summed E-state index contributed by atoms with van der Waals surface area (Å²) in [5, 5.41) is 0. The van der Waals surface area contributed by atoms with Crippen molar-refractivity contribution in [1.29, 1.82) is 0 Å². The summed E-state index contributed by atoms with van der Waals surface area (Å²) < 4.78 is 19.6. The topological polar surface area (TPSA) is 9.23 Å². The van der Waals surface area contributed by atoms with Crippen LogP contribution in [-0.2, 0) is 6.42 Å². The lowest BCUT2D eigenvalue weighted by molar-refractivity contribution is 0.308. The van der Waals surface area contributed by atoms with Crippen LogP contribution >= 0.6 is 0 Å². The van der Waals surface area contributed by atoms with Gasteiger partial charge in [-0.1, -0.05) is 56.2 Å². The van der Waals surface area contributed by atoms with Crippen molar-refractivity contribution in [1.82, 2.24) is 0 Å². The number of hydrogen-bond donors (Lipinski definition) is 0. The number of hydrogen-bond acceptors (Lipinski definition) is 1. The highest BCUT2D eigenvalue weighted by Crippen LogP contribution is 2.39. The van der Waals surface area contributed by atoms with Gasteiger partial charge in [0.25, 0.3) is 0 Å². The Labute approximate surface area is 168 Å². The largest absolute Gasteiger partial charge is 0.494 e. The fourth-order valence-corrected chi connectivity index (χ4v) is 5.07. The van der Waals surface area contributed by atoms with Crippen molar-refractivity contribution in [3.05, 3.63) is 64.5 Å². The van der Waals surface area contributed by atoms with Gasteiger partial charge >= 0.3 is 0 Å². The van der Waals surface area contributed by atoms with E-state index in [9.17, 15) is 4.39 Å². The van der Waals surface area contributed by atoms with Crippen LogP contribution in [-0.4, -0.2) is 7.11 Å². The Morgan fingerprint density at radius 2 is 1.71 bits per heavy atom. The molecule has 148 valence electrons. The molecule has 2 aliphatic rings. The van der Waals surface area contributed by atoms with Gasteiger partial charge in [-0.05, 0) is 84.3 Å². The van der Waals surface area contributed by atoms with Crippen LogP contribution in [0.1, 0.15) is 80.0 Å². The number of rotatable bonds is 5. The molecular weight excluding hydrogens is 347 g/mol. The van der Waals surface area contributed by atoms with Gasteiger partial charge in [-0.15, -0.1) is 0 Å². The molecule has 0 amide bonds. The van der Waals surface area contributed by atoms with Crippen molar-refractivity contribution in [3.8, 4) is 5.75 Å². The van der Waals surface area contributed by atoms with Gasteiger partial charge in [0, 0.05) is 0 Å². The molecule has 0 aliphatic heterocycles. The maximum atomic E-state index is 14.5. The Bertz CT molecular complexity index is 841. The molecule has 0 spiro atoms. The Hall–Kier alpha value is -2.09. The van der Waals surface area contributed by atoms with Crippen LogP contribution < -0.4 is 4.74 Å². The fourth-order valence-electron chi connectivity index (χ4n) is 5.07. The van der Waals surface area contributed by atoms with Gasteiger partial charge in [0.1, 0.15) is 0 Å². The number of halogens is 1. The van der Waals surface area contributed by atoms with Gasteiger partial charge in [-0.2, -0.15) is 0 Å². The highest BCUT2D eigenvalue weighted by atomic mass is 19.1. The number of benzene rings is 2. The van der Waals surface area contributed by atoms with Crippen molar-refractivity contribution in [2.45, 2.75) is 64.2 Å². The maximum Gasteiger partial charge on any atom is 0.168 e. The normalized spacial score (nSPS) is 21.8. The summed E-state index contributed by atoms with van der Waals surface area (Å²) in [4.78, 5) is 0. The first-order chi connectivity index (χ1) is 13.7. The first-order valence-corrected chi connectivity index (χ1v) is 10.9. The summed E-state index contributed by atoms with van der Waals surface area (Å²) in [5.74, 6) is 1.81. The molecule has 1 nitrogen and oxygen atoms in total. The standard InChI is InChI=1S/C26H31FO/c1-3-4-18-5-7-19(8-6-18)20-9-11-21(12-10-20)22-13-15-24-23(17-22)14-16-25(28-2)26(24)27/h9-12,14,16-19H,3-8,13,15H2,1-2H3. The zero-order valence-electron chi connectivity index (χ0n) is 17.1. The molecule has 2 aliphatic carbocycles. The van der Waals surface area contributed by atoms with Crippen molar-refractivity contribution < 1.29 is 9.13 Å². The van der Waals surface area contributed by atoms with Crippen molar-refractivity contribution >= 4 is 11.6 Å². The second-order valence-corrected chi connectivity index (χ2v) is 8.45. The van der Waals surface area contributed by atoms with Crippen LogP contribution in [0.5, 0.6) is 5.75 Å². The second kappa shape index (κ2) is 8.51. The summed E-state index contributed by atoms with van der Waals surface area (Å²) in [5.41, 5.74) is 5.83. The molecule has 1 fully saturated rings. The zero-order chi connectivity index (χ0) is 19.5. The summed E-state index contributed by atoms with van der Waals surface area (Å²) >= 11 is 0. The molecule has 0 N–H and O–H groups in total. The molecule has 0 aromatic heterocycles. The third kappa shape index (κ3) is 3.87. The molecule has 2 heteroatoms. The highest BCUT2D eigenvalue weighted by Gasteiger charge is 2.22. The fraction of sp³-hybridized carbons (Fsp3) is 0.462. The number of methoxy groups -OCH3 is 1. The first kappa shape index (κ1) is 19.2. The van der Waals surface area contributed by atoms with E-state index < -0.39 is 0 Å². The van der Waals surface area contributed by atoms with Gasteiger partial charge in [0.2, 0.25) is 0 Å². The second-order valence-electron chi connectivity index (χ2n) is 8.45. The SMILES string of the molecule is CCCC1CCC(c2ccc(C3=Cc4ccc(OC)c(F)c4CC3)cc2)CC1. The first-order valence-electron chi connectivity index (χ1n) is 10.9. The van der Waals surface area contributed by atoms with Crippen LogP contribution in [0.15, 0.2) is 36.4 Å². The summed E-state index contributed by atoms with van der Waals surface area (Å²) in [6, 6.07) is 12.9. The Balaban J connectivity index is 1.48. The smallest absolute Gasteiger partial charge is 0.168 e. The molecule has 0 bridgehead atoms. The zero-order valence-corrected chi connectivity index (χ0v) is 17.1. The maximum absolute atomic E-state index is 14.5. The molecule has 0 heterocycles. The molecular formula is C26H31FO.